The molecule has 0 fully saturated rings. The number of benzene rings is 1. The number of carbonyl (C=O) groups is 2. The van der Waals surface area contributed by atoms with E-state index in [1.165, 1.54) is 31.4 Å². The van der Waals surface area contributed by atoms with Crippen molar-refractivity contribution < 1.29 is 36.8 Å². The van der Waals surface area contributed by atoms with Gasteiger partial charge in [-0.15, -0.1) is 0 Å². The molecule has 0 aliphatic carbocycles. The zero-order chi connectivity index (χ0) is 23.5. The first-order chi connectivity index (χ1) is 15.1. The lowest BCUT2D eigenvalue weighted by Crippen LogP contribution is -2.38. The third-order valence-electron chi connectivity index (χ3n) is 4.50. The Morgan fingerprint density at radius 2 is 1.97 bits per heavy atom. The van der Waals surface area contributed by atoms with Crippen molar-refractivity contribution in [3.8, 4) is 11.3 Å². The van der Waals surface area contributed by atoms with Crippen LogP contribution in [0, 0.1) is 6.92 Å². The van der Waals surface area contributed by atoms with Crippen molar-refractivity contribution in [2.75, 3.05) is 20.3 Å². The van der Waals surface area contributed by atoms with E-state index in [4.69, 9.17) is 14.0 Å². The van der Waals surface area contributed by atoms with Crippen molar-refractivity contribution in [3.63, 3.8) is 0 Å². The normalized spacial score (nSPS) is 12.6. The van der Waals surface area contributed by atoms with Crippen LogP contribution in [0.15, 0.2) is 34.9 Å². The SMILES string of the molecule is COCC(C)NC(=O)COC(=O)c1cc(-c2ccccc2C(F)(F)F)nc2onc(C)c12. The molecular weight excluding hydrogens is 431 g/mol. The van der Waals surface area contributed by atoms with Crippen LogP contribution in [0.1, 0.15) is 28.5 Å². The molecule has 8 nitrogen and oxygen atoms in total. The number of fused-ring (bicyclic) bond motifs is 1. The van der Waals surface area contributed by atoms with Gasteiger partial charge in [-0.05, 0) is 26.0 Å². The summed E-state index contributed by atoms with van der Waals surface area (Å²) in [5.41, 5.74) is -1.24. The van der Waals surface area contributed by atoms with Crippen LogP contribution in [-0.2, 0) is 20.4 Å². The van der Waals surface area contributed by atoms with Gasteiger partial charge < -0.3 is 19.3 Å². The minimum Gasteiger partial charge on any atom is -0.452 e. The lowest BCUT2D eigenvalue weighted by atomic mass is 10.0. The first-order valence-corrected chi connectivity index (χ1v) is 9.50. The number of nitrogens with zero attached hydrogens (tertiary/aromatic N) is 2. The number of hydrogen-bond donors (Lipinski definition) is 1. The maximum absolute atomic E-state index is 13.5. The summed E-state index contributed by atoms with van der Waals surface area (Å²) >= 11 is 0. The Hall–Kier alpha value is -3.47. The Bertz CT molecular complexity index is 1140. The van der Waals surface area contributed by atoms with Gasteiger partial charge in [-0.2, -0.15) is 13.2 Å². The molecule has 1 N–H and O–H groups in total. The summed E-state index contributed by atoms with van der Waals surface area (Å²) < 4.78 is 55.5. The highest BCUT2D eigenvalue weighted by Crippen LogP contribution is 2.37. The van der Waals surface area contributed by atoms with Crippen molar-refractivity contribution in [1.29, 1.82) is 0 Å². The maximum Gasteiger partial charge on any atom is 0.417 e. The summed E-state index contributed by atoms with van der Waals surface area (Å²) in [5.74, 6) is -1.48. The molecule has 32 heavy (non-hydrogen) atoms. The van der Waals surface area contributed by atoms with Gasteiger partial charge in [-0.1, -0.05) is 23.4 Å². The number of hydrogen-bond acceptors (Lipinski definition) is 7. The average molecular weight is 451 g/mol. The largest absolute Gasteiger partial charge is 0.452 e. The molecule has 0 saturated heterocycles. The van der Waals surface area contributed by atoms with Gasteiger partial charge in [0.1, 0.15) is 0 Å². The van der Waals surface area contributed by atoms with Gasteiger partial charge in [0.2, 0.25) is 0 Å². The van der Waals surface area contributed by atoms with E-state index in [1.807, 2.05) is 0 Å². The Kier molecular flexibility index (Phi) is 6.78. The van der Waals surface area contributed by atoms with Crippen molar-refractivity contribution in [1.82, 2.24) is 15.5 Å². The first-order valence-electron chi connectivity index (χ1n) is 9.50. The summed E-state index contributed by atoms with van der Waals surface area (Å²) in [6.45, 7) is 2.94. The molecule has 0 radical (unpaired) electrons. The monoisotopic (exact) mass is 451 g/mol. The Labute approximate surface area is 180 Å². The smallest absolute Gasteiger partial charge is 0.417 e. The second-order valence-corrected chi connectivity index (χ2v) is 7.05. The number of aromatic nitrogens is 2. The zero-order valence-corrected chi connectivity index (χ0v) is 17.4. The number of esters is 1. The number of nitrogens with one attached hydrogen (secondary N) is 1. The highest BCUT2D eigenvalue weighted by atomic mass is 19.4. The van der Waals surface area contributed by atoms with Crippen LogP contribution in [0.4, 0.5) is 13.2 Å². The van der Waals surface area contributed by atoms with Gasteiger partial charge in [0.15, 0.2) is 6.61 Å². The van der Waals surface area contributed by atoms with E-state index < -0.39 is 30.2 Å². The van der Waals surface area contributed by atoms with Crippen molar-refractivity contribution in [2.24, 2.45) is 0 Å². The molecule has 2 heterocycles. The van der Waals surface area contributed by atoms with E-state index in [-0.39, 0.29) is 40.6 Å². The molecule has 3 aromatic rings. The Morgan fingerprint density at radius 1 is 1.25 bits per heavy atom. The van der Waals surface area contributed by atoms with Crippen LogP contribution in [0.3, 0.4) is 0 Å². The van der Waals surface area contributed by atoms with Gasteiger partial charge >= 0.3 is 12.1 Å². The number of ether oxygens (including phenoxy) is 2. The summed E-state index contributed by atoms with van der Waals surface area (Å²) in [4.78, 5) is 28.8. The average Bonchev–Trinajstić information content (AvgIpc) is 3.11. The van der Waals surface area contributed by atoms with Crippen LogP contribution in [0.25, 0.3) is 22.4 Å². The van der Waals surface area contributed by atoms with E-state index in [0.717, 1.165) is 6.07 Å². The molecule has 170 valence electrons. The summed E-state index contributed by atoms with van der Waals surface area (Å²) in [5, 5.41) is 6.51. The predicted octanol–water partition coefficient (Wildman–Crippen LogP) is 3.52. The zero-order valence-electron chi connectivity index (χ0n) is 17.4. The minimum atomic E-state index is -4.64. The fourth-order valence-electron chi connectivity index (χ4n) is 3.16. The molecule has 0 aliphatic heterocycles. The first kappa shape index (κ1) is 23.2. The Morgan fingerprint density at radius 3 is 2.66 bits per heavy atom. The molecule has 1 atom stereocenters. The van der Waals surface area contributed by atoms with E-state index in [1.54, 1.807) is 13.8 Å². The maximum atomic E-state index is 13.5. The minimum absolute atomic E-state index is 0.113. The van der Waals surface area contributed by atoms with Crippen LogP contribution >= 0.6 is 0 Å². The second-order valence-electron chi connectivity index (χ2n) is 7.05. The topological polar surface area (TPSA) is 104 Å². The molecule has 1 amide bonds. The van der Waals surface area contributed by atoms with E-state index in [0.29, 0.717) is 5.69 Å². The summed E-state index contributed by atoms with van der Waals surface area (Å²) in [6, 6.07) is 5.69. The molecule has 0 saturated carbocycles. The molecule has 3 rings (SSSR count). The van der Waals surface area contributed by atoms with E-state index in [9.17, 15) is 22.8 Å². The third kappa shape index (κ3) is 5.05. The molecule has 1 aromatic carbocycles. The van der Waals surface area contributed by atoms with Gasteiger partial charge in [0, 0.05) is 18.7 Å². The van der Waals surface area contributed by atoms with Crippen molar-refractivity contribution in [3.05, 3.63) is 47.2 Å². The molecule has 0 spiro atoms. The van der Waals surface area contributed by atoms with E-state index >= 15 is 0 Å². The van der Waals surface area contributed by atoms with Crippen LogP contribution < -0.4 is 5.32 Å². The number of methoxy groups -OCH3 is 1. The second kappa shape index (κ2) is 9.35. The predicted molar refractivity (Wildman–Crippen MR) is 107 cm³/mol. The van der Waals surface area contributed by atoms with Crippen LogP contribution in [-0.4, -0.2) is 48.4 Å². The fourth-order valence-corrected chi connectivity index (χ4v) is 3.16. The number of pyridine rings is 1. The van der Waals surface area contributed by atoms with Gasteiger partial charge in [0.25, 0.3) is 11.6 Å². The van der Waals surface area contributed by atoms with Gasteiger partial charge in [-0.3, -0.25) is 4.79 Å². The van der Waals surface area contributed by atoms with Crippen molar-refractivity contribution >= 4 is 23.0 Å². The molecular formula is C21H20F3N3O5. The third-order valence-corrected chi connectivity index (χ3v) is 4.50. The number of halogens is 3. The lowest BCUT2D eigenvalue weighted by molar-refractivity contribution is -0.137. The summed E-state index contributed by atoms with van der Waals surface area (Å²) in [6.07, 6.45) is -4.64. The molecule has 1 unspecified atom stereocenters. The highest BCUT2D eigenvalue weighted by Gasteiger charge is 2.34. The molecule has 0 aliphatic rings. The van der Waals surface area contributed by atoms with Gasteiger partial charge in [-0.25, -0.2) is 9.78 Å². The molecule has 11 heteroatoms. The van der Waals surface area contributed by atoms with E-state index in [2.05, 4.69) is 15.5 Å². The number of alkyl halides is 3. The Balaban J connectivity index is 1.95. The van der Waals surface area contributed by atoms with Crippen LogP contribution in [0.2, 0.25) is 0 Å². The van der Waals surface area contributed by atoms with Crippen molar-refractivity contribution in [2.45, 2.75) is 26.1 Å². The van der Waals surface area contributed by atoms with Gasteiger partial charge in [0.05, 0.1) is 34.5 Å². The summed E-state index contributed by atoms with van der Waals surface area (Å²) in [7, 11) is 1.48. The molecule has 0 bridgehead atoms. The number of amides is 1. The molecule has 2 aromatic heterocycles. The number of rotatable bonds is 7. The lowest BCUT2D eigenvalue weighted by Gasteiger charge is -2.14. The fraction of sp³-hybridized carbons (Fsp3) is 0.333. The van der Waals surface area contributed by atoms with Crippen LogP contribution in [0.5, 0.6) is 0 Å². The highest BCUT2D eigenvalue weighted by molar-refractivity contribution is 6.04. The number of aryl methyl sites for hydroxylation is 1. The quantitative estimate of drug-likeness (QED) is 0.548. The number of carbonyl (C=O) groups excluding carboxylic acids is 2. The standard InChI is InChI=1S/C21H20F3N3O5/c1-11(9-30-3)25-17(28)10-31-20(29)14-8-16(26-19-18(14)12(2)27-32-19)13-6-4-5-7-15(13)21(22,23)24/h4-8,11H,9-10H2,1-3H3,(H,25,28).